The van der Waals surface area contributed by atoms with E-state index in [1.54, 1.807) is 0 Å². The molecule has 1 saturated heterocycles. The normalized spacial score (nSPS) is 19.2. The molecule has 6 heteroatoms. The molecule has 2 rings (SSSR count). The van der Waals surface area contributed by atoms with E-state index in [0.29, 0.717) is 0 Å². The van der Waals surface area contributed by atoms with Crippen LogP contribution < -0.4 is 0 Å². The van der Waals surface area contributed by atoms with Crippen LogP contribution in [0.1, 0.15) is 5.56 Å². The summed E-state index contributed by atoms with van der Waals surface area (Å²) in [4.78, 5) is 23.6. The molecule has 1 N–H and O–H groups in total. The zero-order valence-electron chi connectivity index (χ0n) is 8.80. The number of cyclic esters (lactones) is 1. The second-order valence-corrected chi connectivity index (χ2v) is 4.60. The second kappa shape index (κ2) is 4.75. The van der Waals surface area contributed by atoms with Crippen LogP contribution in [-0.4, -0.2) is 34.7 Å². The van der Waals surface area contributed by atoms with E-state index in [0.717, 1.165) is 10.0 Å². The standard InChI is InChI=1S/C11H10BrNO4/c12-8-3-1-2-7(4-8)5-13-9(10(14)15)6-17-11(13)16/h1-4,9H,5-6H2,(H,14,15). The SMILES string of the molecule is O=C(O)C1COC(=O)N1Cc1cccc(Br)c1. The number of ether oxygens (including phenoxy) is 1. The molecule has 1 aliphatic heterocycles. The van der Waals surface area contributed by atoms with Crippen LogP contribution in [0.5, 0.6) is 0 Å². The lowest BCUT2D eigenvalue weighted by Crippen LogP contribution is -2.38. The molecular formula is C11H10BrNO4. The summed E-state index contributed by atoms with van der Waals surface area (Å²) >= 11 is 3.32. The lowest BCUT2D eigenvalue weighted by atomic mass is 10.2. The summed E-state index contributed by atoms with van der Waals surface area (Å²) in [7, 11) is 0. The minimum absolute atomic E-state index is 0.0951. The number of hydrogen-bond donors (Lipinski definition) is 1. The van der Waals surface area contributed by atoms with E-state index in [-0.39, 0.29) is 13.2 Å². The second-order valence-electron chi connectivity index (χ2n) is 3.69. The smallest absolute Gasteiger partial charge is 0.411 e. The van der Waals surface area contributed by atoms with Crippen molar-refractivity contribution in [1.82, 2.24) is 4.90 Å². The fraction of sp³-hybridized carbons (Fsp3) is 0.273. The molecule has 0 bridgehead atoms. The third kappa shape index (κ3) is 2.58. The van der Waals surface area contributed by atoms with Crippen LogP contribution in [0.2, 0.25) is 0 Å². The zero-order valence-corrected chi connectivity index (χ0v) is 10.4. The van der Waals surface area contributed by atoms with Crippen molar-refractivity contribution in [2.45, 2.75) is 12.6 Å². The van der Waals surface area contributed by atoms with Gasteiger partial charge in [0, 0.05) is 4.47 Å². The van der Waals surface area contributed by atoms with Crippen LogP contribution in [0.3, 0.4) is 0 Å². The summed E-state index contributed by atoms with van der Waals surface area (Å²) in [5.41, 5.74) is 0.851. The van der Waals surface area contributed by atoms with Crippen molar-refractivity contribution >= 4 is 28.0 Å². The molecule has 1 atom stereocenters. The van der Waals surface area contributed by atoms with E-state index in [4.69, 9.17) is 9.84 Å². The fourth-order valence-corrected chi connectivity index (χ4v) is 2.11. The quantitative estimate of drug-likeness (QED) is 0.925. The first-order valence-corrected chi connectivity index (χ1v) is 5.78. The minimum Gasteiger partial charge on any atom is -0.480 e. The Hall–Kier alpha value is -1.56. The average Bonchev–Trinajstić information content (AvgIpc) is 2.61. The number of benzene rings is 1. The van der Waals surface area contributed by atoms with Crippen molar-refractivity contribution < 1.29 is 19.4 Å². The summed E-state index contributed by atoms with van der Waals surface area (Å²) in [6.07, 6.45) is -0.586. The topological polar surface area (TPSA) is 66.8 Å². The maximum absolute atomic E-state index is 11.4. The number of aliphatic carboxylic acids is 1. The van der Waals surface area contributed by atoms with E-state index in [1.165, 1.54) is 4.90 Å². The fourth-order valence-electron chi connectivity index (χ4n) is 1.66. The molecule has 1 aromatic rings. The highest BCUT2D eigenvalue weighted by Crippen LogP contribution is 2.19. The molecule has 0 spiro atoms. The van der Waals surface area contributed by atoms with Gasteiger partial charge in [-0.15, -0.1) is 0 Å². The maximum atomic E-state index is 11.4. The van der Waals surface area contributed by atoms with Crippen LogP contribution in [0.25, 0.3) is 0 Å². The van der Waals surface area contributed by atoms with Gasteiger partial charge in [-0.25, -0.2) is 9.59 Å². The van der Waals surface area contributed by atoms with Gasteiger partial charge >= 0.3 is 12.1 Å². The van der Waals surface area contributed by atoms with Gasteiger partial charge in [0.15, 0.2) is 6.04 Å². The number of carbonyl (C=O) groups excluding carboxylic acids is 1. The Kier molecular flexibility index (Phi) is 3.33. The monoisotopic (exact) mass is 299 g/mol. The minimum atomic E-state index is -1.05. The van der Waals surface area contributed by atoms with Gasteiger partial charge in [-0.1, -0.05) is 28.1 Å². The van der Waals surface area contributed by atoms with E-state index >= 15 is 0 Å². The van der Waals surface area contributed by atoms with Gasteiger partial charge in [0.25, 0.3) is 0 Å². The predicted molar refractivity (Wildman–Crippen MR) is 62.5 cm³/mol. The third-order valence-electron chi connectivity index (χ3n) is 2.50. The maximum Gasteiger partial charge on any atom is 0.411 e. The van der Waals surface area contributed by atoms with Crippen LogP contribution in [0, 0.1) is 0 Å². The van der Waals surface area contributed by atoms with Crippen LogP contribution in [0.15, 0.2) is 28.7 Å². The van der Waals surface area contributed by atoms with Crippen molar-refractivity contribution in [3.05, 3.63) is 34.3 Å². The first-order chi connectivity index (χ1) is 8.08. The first kappa shape index (κ1) is 11.9. The summed E-state index contributed by atoms with van der Waals surface area (Å²) in [5, 5.41) is 8.95. The number of halogens is 1. The molecule has 90 valence electrons. The number of carboxylic acid groups (broad SMARTS) is 1. The molecule has 1 aliphatic rings. The predicted octanol–water partition coefficient (Wildman–Crippen LogP) is 1.85. The van der Waals surface area contributed by atoms with Gasteiger partial charge in [0.05, 0.1) is 6.54 Å². The number of hydrogen-bond acceptors (Lipinski definition) is 3. The largest absolute Gasteiger partial charge is 0.480 e. The lowest BCUT2D eigenvalue weighted by Gasteiger charge is -2.18. The molecule has 1 unspecified atom stereocenters. The molecule has 1 fully saturated rings. The van der Waals surface area contributed by atoms with Gasteiger partial charge in [-0.2, -0.15) is 0 Å². The van der Waals surface area contributed by atoms with E-state index < -0.39 is 18.1 Å². The molecule has 0 saturated carbocycles. The van der Waals surface area contributed by atoms with Gasteiger partial charge in [-0.3, -0.25) is 4.90 Å². The Labute approximate surface area is 106 Å². The highest BCUT2D eigenvalue weighted by atomic mass is 79.9. The van der Waals surface area contributed by atoms with E-state index in [9.17, 15) is 9.59 Å². The van der Waals surface area contributed by atoms with Gasteiger partial charge in [-0.05, 0) is 17.7 Å². The van der Waals surface area contributed by atoms with Gasteiger partial charge < -0.3 is 9.84 Å². The van der Waals surface area contributed by atoms with Crippen molar-refractivity contribution in [3.63, 3.8) is 0 Å². The Bertz CT molecular complexity index is 463. The van der Waals surface area contributed by atoms with Crippen LogP contribution >= 0.6 is 15.9 Å². The molecule has 0 radical (unpaired) electrons. The molecule has 0 aromatic heterocycles. The number of amides is 1. The van der Waals surface area contributed by atoms with Crippen LogP contribution in [-0.2, 0) is 16.1 Å². The van der Waals surface area contributed by atoms with Crippen LogP contribution in [0.4, 0.5) is 4.79 Å². The lowest BCUT2D eigenvalue weighted by molar-refractivity contribution is -0.141. The van der Waals surface area contributed by atoms with Crippen molar-refractivity contribution in [2.75, 3.05) is 6.61 Å². The summed E-state index contributed by atoms with van der Waals surface area (Å²) in [6, 6.07) is 6.46. The Morgan fingerprint density at radius 2 is 2.35 bits per heavy atom. The molecule has 5 nitrogen and oxygen atoms in total. The molecule has 1 heterocycles. The Balaban J connectivity index is 2.16. The number of carbonyl (C=O) groups is 2. The summed E-state index contributed by atoms with van der Waals surface area (Å²) in [6.45, 7) is 0.136. The highest BCUT2D eigenvalue weighted by molar-refractivity contribution is 9.10. The molecular weight excluding hydrogens is 290 g/mol. The first-order valence-electron chi connectivity index (χ1n) is 4.98. The van der Waals surface area contributed by atoms with E-state index in [2.05, 4.69) is 15.9 Å². The molecule has 0 aliphatic carbocycles. The molecule has 1 amide bonds. The van der Waals surface area contributed by atoms with Gasteiger partial charge in [0.1, 0.15) is 6.61 Å². The summed E-state index contributed by atoms with van der Waals surface area (Å²) in [5.74, 6) is -1.05. The molecule has 1 aromatic carbocycles. The Morgan fingerprint density at radius 1 is 1.59 bits per heavy atom. The zero-order chi connectivity index (χ0) is 12.4. The number of rotatable bonds is 3. The van der Waals surface area contributed by atoms with Gasteiger partial charge in [0.2, 0.25) is 0 Å². The highest BCUT2D eigenvalue weighted by Gasteiger charge is 2.37. The van der Waals surface area contributed by atoms with Crippen molar-refractivity contribution in [1.29, 1.82) is 0 Å². The van der Waals surface area contributed by atoms with Crippen molar-refractivity contribution in [3.8, 4) is 0 Å². The van der Waals surface area contributed by atoms with E-state index in [1.807, 2.05) is 24.3 Å². The number of carboxylic acids is 1. The Morgan fingerprint density at radius 3 is 3.00 bits per heavy atom. The number of nitrogens with zero attached hydrogens (tertiary/aromatic N) is 1. The third-order valence-corrected chi connectivity index (χ3v) is 3.00. The summed E-state index contributed by atoms with van der Waals surface area (Å²) < 4.78 is 5.62. The average molecular weight is 300 g/mol. The molecule has 17 heavy (non-hydrogen) atoms. The van der Waals surface area contributed by atoms with Crippen molar-refractivity contribution in [2.24, 2.45) is 0 Å².